The van der Waals surface area contributed by atoms with Gasteiger partial charge in [0.05, 0.1) is 18.6 Å². The van der Waals surface area contributed by atoms with E-state index in [0.29, 0.717) is 16.7 Å². The molecule has 0 saturated heterocycles. The Kier molecular flexibility index (Phi) is 7.17. The Morgan fingerprint density at radius 1 is 1.32 bits per heavy atom. The highest BCUT2D eigenvalue weighted by atomic mass is 32.2. The molecule has 0 radical (unpaired) electrons. The number of thioether (sulfide) groups is 1. The van der Waals surface area contributed by atoms with Crippen LogP contribution in [-0.4, -0.2) is 46.0 Å². The number of nitriles is 1. The number of ketones is 1. The average Bonchev–Trinajstić information content (AvgIpc) is 3.05. The Hall–Kier alpha value is -3.32. The van der Waals surface area contributed by atoms with Crippen LogP contribution in [0.1, 0.15) is 12.7 Å². The number of benzene rings is 1. The first-order valence-electron chi connectivity index (χ1n) is 8.12. The molecule has 2 N–H and O–H groups in total. The zero-order valence-corrected chi connectivity index (χ0v) is 16.4. The van der Waals surface area contributed by atoms with Gasteiger partial charge in [0.25, 0.3) is 0 Å². The maximum atomic E-state index is 12.0. The summed E-state index contributed by atoms with van der Waals surface area (Å²) in [5.41, 5.74) is 6.05. The van der Waals surface area contributed by atoms with Gasteiger partial charge in [-0.1, -0.05) is 23.9 Å². The zero-order chi connectivity index (χ0) is 20.7. The molecule has 0 spiro atoms. The minimum Gasteiger partial charge on any atom is -0.495 e. The number of nitrogens with two attached hydrogens (primary N) is 1. The summed E-state index contributed by atoms with van der Waals surface area (Å²) in [5, 5.41) is 17.5. The molecule has 2 rings (SSSR count). The number of rotatable bonds is 8. The molecule has 0 fully saturated rings. The second-order valence-electron chi connectivity index (χ2n) is 5.58. The van der Waals surface area contributed by atoms with Gasteiger partial charge in [0.15, 0.2) is 11.8 Å². The van der Waals surface area contributed by atoms with Gasteiger partial charge in [-0.15, -0.1) is 10.2 Å². The van der Waals surface area contributed by atoms with E-state index >= 15 is 0 Å². The number of ether oxygens (including phenoxy) is 2. The molecular formula is C18H19N5O4S. The normalized spacial score (nSPS) is 11.4. The van der Waals surface area contributed by atoms with Crippen LogP contribution < -0.4 is 10.5 Å². The summed E-state index contributed by atoms with van der Waals surface area (Å²) in [6.07, 6.45) is 0. The molecule has 0 aliphatic rings. The lowest BCUT2D eigenvalue weighted by Crippen LogP contribution is -2.18. The van der Waals surface area contributed by atoms with E-state index in [2.05, 4.69) is 10.2 Å². The first-order chi connectivity index (χ1) is 13.4. The van der Waals surface area contributed by atoms with Gasteiger partial charge >= 0.3 is 5.97 Å². The third-order valence-corrected chi connectivity index (χ3v) is 4.49. The predicted molar refractivity (Wildman–Crippen MR) is 102 cm³/mol. The summed E-state index contributed by atoms with van der Waals surface area (Å²) in [5.74, 6) is -0.106. The number of carbonyl (C=O) groups excluding carboxylic acids is 2. The Balaban J connectivity index is 2.05. The molecule has 0 aliphatic heterocycles. The van der Waals surface area contributed by atoms with Crippen LogP contribution in [0.5, 0.6) is 5.75 Å². The van der Waals surface area contributed by atoms with Crippen LogP contribution in [0.4, 0.5) is 0 Å². The van der Waals surface area contributed by atoms with Gasteiger partial charge in [0.1, 0.15) is 23.2 Å². The lowest BCUT2D eigenvalue weighted by Gasteiger charge is -2.12. The van der Waals surface area contributed by atoms with Crippen molar-refractivity contribution in [2.24, 2.45) is 5.73 Å². The zero-order valence-electron chi connectivity index (χ0n) is 15.6. The van der Waals surface area contributed by atoms with Crippen LogP contribution in [0.2, 0.25) is 0 Å². The van der Waals surface area contributed by atoms with E-state index in [1.165, 1.54) is 6.92 Å². The highest BCUT2D eigenvalue weighted by Gasteiger charge is 2.18. The molecule has 1 aromatic heterocycles. The van der Waals surface area contributed by atoms with E-state index in [1.807, 2.05) is 24.3 Å². The minimum absolute atomic E-state index is 0.0818. The van der Waals surface area contributed by atoms with Crippen LogP contribution >= 0.6 is 11.8 Å². The van der Waals surface area contributed by atoms with E-state index in [4.69, 9.17) is 20.5 Å². The summed E-state index contributed by atoms with van der Waals surface area (Å²) in [6.45, 7) is 2.67. The van der Waals surface area contributed by atoms with Crippen molar-refractivity contribution >= 4 is 23.5 Å². The first kappa shape index (κ1) is 21.0. The molecule has 0 amide bonds. The lowest BCUT2D eigenvalue weighted by atomic mass is 10.1. The number of methoxy groups -OCH3 is 1. The van der Waals surface area contributed by atoms with Crippen molar-refractivity contribution in [1.82, 2.24) is 14.8 Å². The fourth-order valence-electron chi connectivity index (χ4n) is 2.28. The maximum Gasteiger partial charge on any atom is 0.316 e. The first-order valence-corrected chi connectivity index (χ1v) is 9.11. The third-order valence-electron chi connectivity index (χ3n) is 3.59. The Morgan fingerprint density at radius 2 is 2.04 bits per heavy atom. The quantitative estimate of drug-likeness (QED) is 0.302. The smallest absolute Gasteiger partial charge is 0.316 e. The van der Waals surface area contributed by atoms with E-state index in [9.17, 15) is 9.59 Å². The number of esters is 1. The molecule has 146 valence electrons. The Morgan fingerprint density at radius 3 is 2.68 bits per heavy atom. The number of para-hydroxylation sites is 2. The van der Waals surface area contributed by atoms with Crippen molar-refractivity contribution in [1.29, 1.82) is 5.26 Å². The number of aromatic nitrogens is 3. The molecule has 9 nitrogen and oxygen atoms in total. The number of aryl methyl sites for hydroxylation is 1. The molecule has 1 heterocycles. The maximum absolute atomic E-state index is 12.0. The van der Waals surface area contributed by atoms with Gasteiger partial charge in [-0.3, -0.25) is 14.2 Å². The summed E-state index contributed by atoms with van der Waals surface area (Å²) in [4.78, 5) is 23.8. The number of allylic oxidation sites excluding steroid dienone is 1. The van der Waals surface area contributed by atoms with Crippen molar-refractivity contribution in [3.8, 4) is 17.5 Å². The summed E-state index contributed by atoms with van der Waals surface area (Å²) >= 11 is 1.11. The monoisotopic (exact) mass is 401 g/mol. The summed E-state index contributed by atoms with van der Waals surface area (Å²) < 4.78 is 12.0. The number of carbonyl (C=O) groups is 2. The van der Waals surface area contributed by atoms with Crippen molar-refractivity contribution in [3.63, 3.8) is 0 Å². The van der Waals surface area contributed by atoms with Crippen molar-refractivity contribution < 1.29 is 19.1 Å². The second kappa shape index (κ2) is 9.57. The molecule has 28 heavy (non-hydrogen) atoms. The standard InChI is InChI=1S/C18H19N5O4S/c1-11(20)13(8-19)15(24)9-27-17(25)10-28-18-22-21-12(2)23(18)14-6-4-5-7-16(14)26-3/h4-7H,9-10,20H2,1-3H3. The number of hydrogen-bond donors (Lipinski definition) is 1. The van der Waals surface area contributed by atoms with Crippen LogP contribution in [0.3, 0.4) is 0 Å². The SMILES string of the molecule is COc1ccccc1-n1c(C)nnc1SCC(=O)OCC(=O)C(C#N)=C(C)N. The van der Waals surface area contributed by atoms with Crippen LogP contribution in [0.15, 0.2) is 40.7 Å². The van der Waals surface area contributed by atoms with Crippen molar-refractivity contribution in [3.05, 3.63) is 41.4 Å². The number of hydrogen-bond acceptors (Lipinski definition) is 9. The largest absolute Gasteiger partial charge is 0.495 e. The fourth-order valence-corrected chi connectivity index (χ4v) is 3.07. The number of Topliss-reactive ketones (excluding diaryl/α,β-unsaturated/α-hetero) is 1. The predicted octanol–water partition coefficient (Wildman–Crippen LogP) is 1.54. The number of nitrogens with zero attached hydrogens (tertiary/aromatic N) is 4. The van der Waals surface area contributed by atoms with E-state index in [1.54, 1.807) is 24.7 Å². The fraction of sp³-hybridized carbons (Fsp3) is 0.278. The van der Waals surface area contributed by atoms with Crippen molar-refractivity contribution in [2.75, 3.05) is 19.5 Å². The average molecular weight is 401 g/mol. The van der Waals surface area contributed by atoms with Gasteiger partial charge in [0, 0.05) is 5.70 Å². The van der Waals surface area contributed by atoms with E-state index in [0.717, 1.165) is 17.4 Å². The Labute approximate surface area is 166 Å². The van der Waals surface area contributed by atoms with E-state index in [-0.39, 0.29) is 17.0 Å². The molecule has 0 saturated carbocycles. The van der Waals surface area contributed by atoms with Crippen molar-refractivity contribution in [2.45, 2.75) is 19.0 Å². The molecule has 0 atom stereocenters. The minimum atomic E-state index is -0.645. The van der Waals surface area contributed by atoms with Gasteiger partial charge < -0.3 is 15.2 Å². The molecule has 10 heteroatoms. The molecular weight excluding hydrogens is 382 g/mol. The molecule has 1 aromatic carbocycles. The lowest BCUT2D eigenvalue weighted by molar-refractivity contribution is -0.144. The highest BCUT2D eigenvalue weighted by Crippen LogP contribution is 2.28. The molecule has 0 aliphatic carbocycles. The molecule has 0 bridgehead atoms. The topological polar surface area (TPSA) is 133 Å². The van der Waals surface area contributed by atoms with Gasteiger partial charge in [-0.05, 0) is 26.0 Å². The third kappa shape index (κ3) is 4.89. The van der Waals surface area contributed by atoms with Gasteiger partial charge in [-0.25, -0.2) is 0 Å². The molecule has 0 unspecified atom stereocenters. The summed E-state index contributed by atoms with van der Waals surface area (Å²) in [6, 6.07) is 9.05. The van der Waals surface area contributed by atoms with Gasteiger partial charge in [0.2, 0.25) is 5.78 Å². The summed E-state index contributed by atoms with van der Waals surface area (Å²) in [7, 11) is 1.56. The second-order valence-corrected chi connectivity index (χ2v) is 6.52. The van der Waals surface area contributed by atoms with Gasteiger partial charge in [-0.2, -0.15) is 5.26 Å². The van der Waals surface area contributed by atoms with E-state index < -0.39 is 18.4 Å². The van der Waals surface area contributed by atoms with Crippen LogP contribution in [0, 0.1) is 18.3 Å². The molecule has 2 aromatic rings. The van der Waals surface area contributed by atoms with Crippen LogP contribution in [0.25, 0.3) is 5.69 Å². The van der Waals surface area contributed by atoms with Crippen LogP contribution in [-0.2, 0) is 14.3 Å². The highest BCUT2D eigenvalue weighted by molar-refractivity contribution is 7.99. The Bertz CT molecular complexity index is 957.